The molecule has 24 heteroatoms. The Hall–Kier alpha value is -5.91. The van der Waals surface area contributed by atoms with Crippen molar-refractivity contribution in [2.24, 2.45) is 11.8 Å². The molecule has 0 saturated carbocycles. The van der Waals surface area contributed by atoms with Crippen molar-refractivity contribution in [3.63, 3.8) is 0 Å². The monoisotopic (exact) mass is 1800 g/mol. The lowest BCUT2D eigenvalue weighted by molar-refractivity contribution is -0.297. The number of halogens is 1. The number of rotatable bonds is 39. The molecule has 0 N–H and O–H groups in total. The molecule has 121 heavy (non-hydrogen) atoms. The third-order valence-electron chi connectivity index (χ3n) is 25.4. The maximum absolute atomic E-state index is 14.0. The Labute approximate surface area is 734 Å². The standard InChI is InChI=1S/C97H138BrN2O17PSi3/c1-66(2)119(67(3)4,68(5)6)110-52-50-76-53-70(8)54-77(111-76)57-78-58-79(116-120(95(12,13)14,81-38-27-23-28-39-81)82-40-29-24-30-41-82)59-87(112-78)85-64-109-90(100-85)47-35-46-86-72(10)94(114-92(101)65-118(102,106-21)107-22)73(11)93(113-86)71(9)56-74-63-108-91(99-74)62-97(105-20)61-80(104-19)60-88(115-97)89(55-69(7)48-49-75(103-18)37-36-51-98)117-121(96(15,16)17,83-42-31-25-32-43-83)84-44-33-26-34-45-84/h23-36,38-45,47-49,51,55-56,63-64,66-68,72-73,75-80,86-89,93-94H,8,37,46,50,52-54,57-62,65H2,1-7,9-22H3/b47-35+,49-48+,51-36+,69-55+,71-56+/t72-,73+,75+,76-,77+,78+,79+,80+,86+,87+,88+,89+,93-,94-,97-/m0/s1. The average molecular weight is 1800 g/mol. The van der Waals surface area contributed by atoms with Crippen LogP contribution in [0.25, 0.3) is 12.2 Å². The van der Waals surface area contributed by atoms with Crippen LogP contribution in [0.5, 0.6) is 0 Å². The summed E-state index contributed by atoms with van der Waals surface area (Å²) in [6.07, 6.45) is 18.6. The molecule has 2 aromatic heterocycles. The van der Waals surface area contributed by atoms with E-state index in [4.69, 9.17) is 79.0 Å². The second-order valence-corrected chi connectivity index (χ2v) is 53.5. The Balaban J connectivity index is 0.915. The Kier molecular flexibility index (Phi) is 35.0. The van der Waals surface area contributed by atoms with Gasteiger partial charge in [0.05, 0.1) is 67.5 Å². The third-order valence-corrected chi connectivity index (χ3v) is 43.8. The molecule has 0 radical (unpaired) electrons. The molecule has 6 aromatic rings. The number of nitrogens with zero attached hydrogens (tertiary/aromatic N) is 2. The minimum Gasteiger partial charge on any atom is -0.461 e. The van der Waals surface area contributed by atoms with Gasteiger partial charge in [-0.15, -0.1) is 0 Å². The van der Waals surface area contributed by atoms with Gasteiger partial charge in [-0.25, -0.2) is 9.97 Å². The van der Waals surface area contributed by atoms with Gasteiger partial charge in [0.2, 0.25) is 5.89 Å². The van der Waals surface area contributed by atoms with E-state index in [2.05, 4.69) is 240 Å². The van der Waals surface area contributed by atoms with E-state index in [-0.39, 0.29) is 59.0 Å². The summed E-state index contributed by atoms with van der Waals surface area (Å²) in [7, 11) is -4.53. The SMILES string of the molecule is C=C1C[C@H](C[C@@H]2C[C@@H](O[Si](c3ccccc3)(c3ccccc3)C(C)(C)C)C[C@H](c3coc(/C=C/C[C@H]4O[C@@H](/C(C)=C/c5coc(C[C@]6(OC)C[C@H](OC)C[C@H]([C@@H](/C=C(C)/C=C/[C@@H](C/C=C/Br)OC)O[Si](c7ccccc7)(c7ccccc7)C(C)(C)C)O6)n5)[C@@H](C)[C@@H](OC(=O)CP(=O)(OC)OC)[C@H]4C)n3)O2)O[C@@H](CCO[Si](C(C)C)(C(C)C)C(C)C)C1. The van der Waals surface area contributed by atoms with E-state index in [0.29, 0.717) is 91.3 Å². The summed E-state index contributed by atoms with van der Waals surface area (Å²) >= 11 is 3.42. The number of methoxy groups -OCH3 is 3. The van der Waals surface area contributed by atoms with Crippen molar-refractivity contribution in [2.45, 2.75) is 287 Å². The Bertz CT molecular complexity index is 4340. The molecule has 4 saturated heterocycles. The number of carbonyl (C=O) groups excluding carboxylic acids is 1. The fourth-order valence-corrected chi connectivity index (χ4v) is 35.3. The van der Waals surface area contributed by atoms with Crippen LogP contribution in [-0.4, -0.2) is 162 Å². The van der Waals surface area contributed by atoms with Crippen LogP contribution in [0.2, 0.25) is 26.7 Å². The number of hydrogen-bond donors (Lipinski definition) is 0. The summed E-state index contributed by atoms with van der Waals surface area (Å²) in [6.45, 7) is 41.1. The summed E-state index contributed by atoms with van der Waals surface area (Å²) < 4.78 is 114. The van der Waals surface area contributed by atoms with Gasteiger partial charge in [0, 0.05) is 79.7 Å². The van der Waals surface area contributed by atoms with E-state index < -0.39 is 93.0 Å². The van der Waals surface area contributed by atoms with Gasteiger partial charge in [-0.3, -0.25) is 9.36 Å². The van der Waals surface area contributed by atoms with Crippen molar-refractivity contribution in [3.05, 3.63) is 216 Å². The zero-order valence-corrected chi connectivity index (χ0v) is 81.2. The first-order chi connectivity index (χ1) is 57.6. The van der Waals surface area contributed by atoms with Gasteiger partial charge in [-0.2, -0.15) is 0 Å². The normalized spacial score (nSPS) is 25.4. The fourth-order valence-electron chi connectivity index (χ4n) is 19.5. The predicted octanol–water partition coefficient (Wildman–Crippen LogP) is 20.7. The Morgan fingerprint density at radius 3 is 1.83 bits per heavy atom. The van der Waals surface area contributed by atoms with Crippen molar-refractivity contribution in [2.75, 3.05) is 48.3 Å². The van der Waals surface area contributed by atoms with Crippen LogP contribution in [0.4, 0.5) is 0 Å². The van der Waals surface area contributed by atoms with E-state index >= 15 is 0 Å². The van der Waals surface area contributed by atoms with Gasteiger partial charge in [0.1, 0.15) is 42.3 Å². The summed E-state index contributed by atoms with van der Waals surface area (Å²) in [4.78, 5) is 26.1. The first-order valence-electron chi connectivity index (χ1n) is 43.5. The molecule has 0 spiro atoms. The smallest absolute Gasteiger partial charge is 0.341 e. The zero-order chi connectivity index (χ0) is 87.7. The Morgan fingerprint density at radius 2 is 1.29 bits per heavy atom. The lowest BCUT2D eigenvalue weighted by atomic mass is 9.79. The highest BCUT2D eigenvalue weighted by molar-refractivity contribution is 9.11. The quantitative estimate of drug-likeness (QED) is 0.0116. The van der Waals surface area contributed by atoms with Gasteiger partial charge < -0.3 is 69.1 Å². The molecule has 0 amide bonds. The minimum absolute atomic E-state index is 0.0133. The van der Waals surface area contributed by atoms with Crippen LogP contribution in [-0.2, 0) is 76.0 Å². The second kappa shape index (κ2) is 43.5. The molecule has 0 unspecified atom stereocenters. The number of aromatic nitrogens is 2. The van der Waals surface area contributed by atoms with Gasteiger partial charge in [-0.05, 0) is 123 Å². The topological polar surface area (TPSA) is 206 Å². The maximum atomic E-state index is 14.0. The number of allylic oxidation sites excluding steroid dienone is 2. The van der Waals surface area contributed by atoms with Crippen molar-refractivity contribution >= 4 is 87.3 Å². The summed E-state index contributed by atoms with van der Waals surface area (Å²) in [6, 6.07) is 42.8. The summed E-state index contributed by atoms with van der Waals surface area (Å²) in [5, 5.41) is 4.05. The highest BCUT2D eigenvalue weighted by Crippen LogP contribution is 2.49. The molecule has 15 atom stereocenters. The number of carbonyl (C=O) groups is 1. The lowest BCUT2D eigenvalue weighted by Gasteiger charge is -2.49. The molecular weight excluding hydrogens is 1660 g/mol. The second-order valence-electron chi connectivity index (χ2n) is 36.7. The number of ether oxygens (including phenoxy) is 8. The molecule has 4 aliphatic heterocycles. The predicted molar refractivity (Wildman–Crippen MR) is 493 cm³/mol. The van der Waals surface area contributed by atoms with E-state index in [1.54, 1.807) is 33.9 Å². The molecule has 662 valence electrons. The zero-order valence-electron chi connectivity index (χ0n) is 75.7. The Morgan fingerprint density at radius 1 is 0.702 bits per heavy atom. The van der Waals surface area contributed by atoms with Crippen molar-refractivity contribution in [1.29, 1.82) is 0 Å². The van der Waals surface area contributed by atoms with E-state index in [1.165, 1.54) is 30.2 Å². The lowest BCUT2D eigenvalue weighted by Crippen LogP contribution is -2.69. The number of hydrogen-bond acceptors (Lipinski definition) is 19. The molecule has 0 bridgehead atoms. The molecule has 4 aliphatic rings. The summed E-state index contributed by atoms with van der Waals surface area (Å²) in [5.74, 6) is -1.99. The highest BCUT2D eigenvalue weighted by atomic mass is 79.9. The summed E-state index contributed by atoms with van der Waals surface area (Å²) in [5.41, 5.74) is 5.61. The largest absolute Gasteiger partial charge is 0.461 e. The minimum atomic E-state index is -3.80. The van der Waals surface area contributed by atoms with Crippen LogP contribution in [0.15, 0.2) is 201 Å². The van der Waals surface area contributed by atoms with Gasteiger partial charge in [0.15, 0.2) is 20.0 Å². The molecule has 4 aromatic carbocycles. The van der Waals surface area contributed by atoms with Crippen LogP contribution in [0.1, 0.15) is 204 Å². The number of esters is 1. The number of oxazole rings is 2. The highest BCUT2D eigenvalue weighted by Gasteiger charge is 2.56. The molecule has 4 fully saturated rings. The molecular formula is C97H138BrN2O17PSi3. The van der Waals surface area contributed by atoms with Crippen LogP contribution in [0.3, 0.4) is 0 Å². The van der Waals surface area contributed by atoms with Crippen molar-refractivity contribution < 1.29 is 78.4 Å². The fraction of sp³-hybridized carbons (Fsp3) is 0.557. The van der Waals surface area contributed by atoms with Crippen molar-refractivity contribution in [3.8, 4) is 0 Å². The first-order valence-corrected chi connectivity index (χ1v) is 52.1. The maximum Gasteiger partial charge on any atom is 0.341 e. The molecule has 0 aliphatic carbocycles. The van der Waals surface area contributed by atoms with Crippen LogP contribution in [0, 0.1) is 11.8 Å². The third kappa shape index (κ3) is 23.9. The van der Waals surface area contributed by atoms with Crippen molar-refractivity contribution in [1.82, 2.24) is 9.97 Å². The molecule has 19 nitrogen and oxygen atoms in total. The van der Waals surface area contributed by atoms with E-state index in [1.807, 2.05) is 62.2 Å². The van der Waals surface area contributed by atoms with E-state index in [0.717, 1.165) is 40.8 Å². The van der Waals surface area contributed by atoms with Gasteiger partial charge in [0.25, 0.3) is 16.6 Å². The van der Waals surface area contributed by atoms with Crippen LogP contribution >= 0.6 is 23.5 Å². The molecule has 6 heterocycles. The number of benzene rings is 4. The van der Waals surface area contributed by atoms with Gasteiger partial charge >= 0.3 is 13.6 Å². The van der Waals surface area contributed by atoms with E-state index in [9.17, 15) is 9.36 Å². The van der Waals surface area contributed by atoms with Gasteiger partial charge in [-0.1, -0.05) is 282 Å². The van der Waals surface area contributed by atoms with Crippen LogP contribution < -0.4 is 20.7 Å². The first kappa shape index (κ1) is 97.3. The molecule has 10 rings (SSSR count). The average Bonchev–Trinajstić information content (AvgIpc) is 0.918.